The second-order valence-corrected chi connectivity index (χ2v) is 7.20. The van der Waals surface area contributed by atoms with Crippen molar-refractivity contribution in [3.8, 4) is 0 Å². The minimum atomic E-state index is -0.852. The second-order valence-electron chi connectivity index (χ2n) is 7.20. The molecule has 0 unspecified atom stereocenters. The molecular formula is C19H24FN5O3. The molecule has 0 saturated heterocycles. The highest BCUT2D eigenvalue weighted by Crippen LogP contribution is 2.28. The monoisotopic (exact) mass is 389 g/mol. The Hall–Kier alpha value is -2.81. The van der Waals surface area contributed by atoms with Gasteiger partial charge in [0.15, 0.2) is 5.82 Å². The van der Waals surface area contributed by atoms with Crippen LogP contribution in [0.15, 0.2) is 30.9 Å². The molecular weight excluding hydrogens is 365 g/mol. The van der Waals surface area contributed by atoms with Gasteiger partial charge in [-0.05, 0) is 30.9 Å². The summed E-state index contributed by atoms with van der Waals surface area (Å²) in [6.07, 6.45) is 6.37. The van der Waals surface area contributed by atoms with E-state index in [0.717, 1.165) is 11.8 Å². The van der Waals surface area contributed by atoms with E-state index < -0.39 is 23.9 Å². The molecule has 2 heterocycles. The smallest absolute Gasteiger partial charge is 0.254 e. The van der Waals surface area contributed by atoms with Crippen LogP contribution < -0.4 is 5.32 Å². The second kappa shape index (κ2) is 8.47. The predicted octanol–water partition coefficient (Wildman–Crippen LogP) is 0.525. The molecule has 2 N–H and O–H groups in total. The van der Waals surface area contributed by atoms with Crippen molar-refractivity contribution in [3.05, 3.63) is 47.8 Å². The molecule has 1 fully saturated rings. The lowest BCUT2D eigenvalue weighted by atomic mass is 10.1. The summed E-state index contributed by atoms with van der Waals surface area (Å²) in [4.78, 5) is 30.2. The number of nitrogens with zero attached hydrogens (tertiary/aromatic N) is 4. The molecule has 1 aliphatic carbocycles. The van der Waals surface area contributed by atoms with Gasteiger partial charge in [0, 0.05) is 39.0 Å². The van der Waals surface area contributed by atoms with E-state index in [-0.39, 0.29) is 23.8 Å². The van der Waals surface area contributed by atoms with Crippen LogP contribution in [0.3, 0.4) is 0 Å². The number of halogens is 1. The summed E-state index contributed by atoms with van der Waals surface area (Å²) in [5.41, 5.74) is 0.906. The quantitative estimate of drug-likeness (QED) is 0.751. The van der Waals surface area contributed by atoms with Gasteiger partial charge < -0.3 is 15.3 Å². The van der Waals surface area contributed by atoms with Gasteiger partial charge in [0.1, 0.15) is 0 Å². The topological polar surface area (TPSA) is 100 Å². The molecule has 3 atom stereocenters. The molecule has 9 heteroatoms. The van der Waals surface area contributed by atoms with Crippen molar-refractivity contribution >= 4 is 11.8 Å². The third-order valence-electron chi connectivity index (χ3n) is 5.08. The van der Waals surface area contributed by atoms with Crippen LogP contribution >= 0.6 is 0 Å². The van der Waals surface area contributed by atoms with E-state index in [2.05, 4.69) is 15.4 Å². The molecule has 2 amide bonds. The number of hydrogen-bond acceptors (Lipinski definition) is 5. The third-order valence-corrected chi connectivity index (χ3v) is 5.08. The standard InChI is InChI=1S/C19H24FN5O3/c1-24(6-4-12-9-22-25(2)11-12)19(28)13-7-16(17(26)8-13)23-18(27)14-3-5-21-10-15(14)20/h3,5,9-11,13,16-17,26H,4,6-8H2,1-2H3,(H,23,27)/t13-,16+,17+/m0/s1. The molecule has 0 spiro atoms. The molecule has 28 heavy (non-hydrogen) atoms. The number of pyridine rings is 1. The van der Waals surface area contributed by atoms with Crippen molar-refractivity contribution in [1.82, 2.24) is 25.0 Å². The molecule has 0 aliphatic heterocycles. The molecule has 1 saturated carbocycles. The maximum Gasteiger partial charge on any atom is 0.254 e. The minimum Gasteiger partial charge on any atom is -0.391 e. The molecule has 150 valence electrons. The fraction of sp³-hybridized carbons (Fsp3) is 0.474. The van der Waals surface area contributed by atoms with E-state index >= 15 is 0 Å². The Morgan fingerprint density at radius 2 is 2.18 bits per heavy atom. The van der Waals surface area contributed by atoms with Crippen LogP contribution in [-0.4, -0.2) is 62.3 Å². The summed E-state index contributed by atoms with van der Waals surface area (Å²) < 4.78 is 15.4. The van der Waals surface area contributed by atoms with Crippen LogP contribution in [0.4, 0.5) is 4.39 Å². The first-order valence-electron chi connectivity index (χ1n) is 9.16. The number of nitrogens with one attached hydrogen (secondary N) is 1. The van der Waals surface area contributed by atoms with Crippen LogP contribution in [0.25, 0.3) is 0 Å². The van der Waals surface area contributed by atoms with Crippen molar-refractivity contribution < 1.29 is 19.1 Å². The number of aromatic nitrogens is 3. The molecule has 0 radical (unpaired) electrons. The average Bonchev–Trinajstić information content (AvgIpc) is 3.25. The highest BCUT2D eigenvalue weighted by atomic mass is 19.1. The van der Waals surface area contributed by atoms with Crippen LogP contribution in [-0.2, 0) is 18.3 Å². The Labute approximate surface area is 162 Å². The van der Waals surface area contributed by atoms with E-state index in [1.54, 1.807) is 22.8 Å². The SMILES string of the molecule is CN(CCc1cnn(C)c1)C(=O)[C@@H]1C[C@@H](O)[C@H](NC(=O)c2ccncc2F)C1. The van der Waals surface area contributed by atoms with E-state index in [1.807, 2.05) is 13.2 Å². The summed E-state index contributed by atoms with van der Waals surface area (Å²) in [5, 5.41) is 17.0. The molecule has 0 bridgehead atoms. The molecule has 8 nitrogen and oxygen atoms in total. The Kier molecular flexibility index (Phi) is 6.03. The third kappa shape index (κ3) is 4.53. The number of carbonyl (C=O) groups excluding carboxylic acids is 2. The summed E-state index contributed by atoms with van der Waals surface area (Å²) in [6.45, 7) is 0.538. The first-order valence-corrected chi connectivity index (χ1v) is 9.16. The maximum absolute atomic E-state index is 13.7. The Balaban J connectivity index is 1.54. The number of aliphatic hydroxyl groups is 1. The summed E-state index contributed by atoms with van der Waals surface area (Å²) in [5.74, 6) is -1.81. The van der Waals surface area contributed by atoms with Gasteiger partial charge >= 0.3 is 0 Å². The lowest BCUT2D eigenvalue weighted by Gasteiger charge is -2.21. The first-order chi connectivity index (χ1) is 13.3. The molecule has 2 aromatic heterocycles. The van der Waals surface area contributed by atoms with Gasteiger partial charge in [-0.15, -0.1) is 0 Å². The van der Waals surface area contributed by atoms with Crippen molar-refractivity contribution in [2.45, 2.75) is 31.4 Å². The van der Waals surface area contributed by atoms with Gasteiger partial charge in [0.2, 0.25) is 5.91 Å². The molecule has 2 aromatic rings. The molecule has 3 rings (SSSR count). The van der Waals surface area contributed by atoms with Crippen LogP contribution in [0.2, 0.25) is 0 Å². The van der Waals surface area contributed by atoms with E-state index in [9.17, 15) is 19.1 Å². The number of hydrogen-bond donors (Lipinski definition) is 2. The molecule has 0 aromatic carbocycles. The van der Waals surface area contributed by atoms with Gasteiger partial charge in [-0.3, -0.25) is 19.3 Å². The van der Waals surface area contributed by atoms with Gasteiger partial charge in [-0.2, -0.15) is 5.10 Å². The summed E-state index contributed by atoms with van der Waals surface area (Å²) in [6, 6.07) is 0.682. The Morgan fingerprint density at radius 1 is 1.39 bits per heavy atom. The van der Waals surface area contributed by atoms with Gasteiger partial charge in [-0.25, -0.2) is 4.39 Å². The molecule has 1 aliphatic rings. The van der Waals surface area contributed by atoms with E-state index in [0.29, 0.717) is 19.4 Å². The van der Waals surface area contributed by atoms with Crippen LogP contribution in [0.1, 0.15) is 28.8 Å². The van der Waals surface area contributed by atoms with Crippen LogP contribution in [0, 0.1) is 11.7 Å². The average molecular weight is 389 g/mol. The van der Waals surface area contributed by atoms with Crippen molar-refractivity contribution in [1.29, 1.82) is 0 Å². The highest BCUT2D eigenvalue weighted by Gasteiger charge is 2.39. The normalized spacial score (nSPS) is 21.5. The highest BCUT2D eigenvalue weighted by molar-refractivity contribution is 5.94. The number of carbonyl (C=O) groups is 2. The Morgan fingerprint density at radius 3 is 2.86 bits per heavy atom. The van der Waals surface area contributed by atoms with Crippen molar-refractivity contribution in [2.75, 3.05) is 13.6 Å². The number of rotatable bonds is 6. The van der Waals surface area contributed by atoms with Gasteiger partial charge in [-0.1, -0.05) is 0 Å². The Bertz CT molecular complexity index is 856. The van der Waals surface area contributed by atoms with Crippen molar-refractivity contribution in [2.24, 2.45) is 13.0 Å². The van der Waals surface area contributed by atoms with Gasteiger partial charge in [0.25, 0.3) is 5.91 Å². The van der Waals surface area contributed by atoms with Crippen LogP contribution in [0.5, 0.6) is 0 Å². The summed E-state index contributed by atoms with van der Waals surface area (Å²) in [7, 11) is 3.56. The number of likely N-dealkylation sites (N-methyl/N-ethyl adjacent to an activating group) is 1. The zero-order valence-electron chi connectivity index (χ0n) is 15.9. The van der Waals surface area contributed by atoms with E-state index in [1.165, 1.54) is 12.3 Å². The first kappa shape index (κ1) is 19.9. The zero-order chi connectivity index (χ0) is 20.3. The van der Waals surface area contributed by atoms with E-state index in [4.69, 9.17) is 0 Å². The lowest BCUT2D eigenvalue weighted by Crippen LogP contribution is -2.40. The fourth-order valence-corrected chi connectivity index (χ4v) is 3.50. The number of aliphatic hydroxyl groups excluding tert-OH is 1. The minimum absolute atomic E-state index is 0.0743. The number of amides is 2. The fourth-order valence-electron chi connectivity index (χ4n) is 3.50. The largest absolute Gasteiger partial charge is 0.391 e. The van der Waals surface area contributed by atoms with Gasteiger partial charge in [0.05, 0.1) is 30.1 Å². The maximum atomic E-state index is 13.7. The zero-order valence-corrected chi connectivity index (χ0v) is 15.9. The summed E-state index contributed by atoms with van der Waals surface area (Å²) >= 11 is 0. The number of aryl methyl sites for hydroxylation is 1. The predicted molar refractivity (Wildman–Crippen MR) is 98.7 cm³/mol. The lowest BCUT2D eigenvalue weighted by molar-refractivity contribution is -0.134. The van der Waals surface area contributed by atoms with Crippen molar-refractivity contribution in [3.63, 3.8) is 0 Å².